The van der Waals surface area contributed by atoms with Gasteiger partial charge in [-0.2, -0.15) is 0 Å². The molecule has 0 saturated carbocycles. The Morgan fingerprint density at radius 1 is 0.267 bits per heavy atom. The highest BCUT2D eigenvalue weighted by molar-refractivity contribution is 7.81. The quantitative estimate of drug-likeness (QED) is 0.132. The first-order valence-corrected chi connectivity index (χ1v) is 17.1. The Morgan fingerprint density at radius 2 is 0.511 bits per heavy atom. The maximum atomic E-state index is 4.07. The third-order valence-electron chi connectivity index (χ3n) is 9.37. The molecule has 45 heavy (non-hydrogen) atoms. The molecular formula is C40H28N4P+. The van der Waals surface area contributed by atoms with Crippen LogP contribution in [-0.4, -0.2) is 0 Å². The molecule has 0 atom stereocenters. The summed E-state index contributed by atoms with van der Waals surface area (Å²) in [7, 11) is -2.61. The summed E-state index contributed by atoms with van der Waals surface area (Å²) >= 11 is 0. The fourth-order valence-electron chi connectivity index (χ4n) is 7.43. The monoisotopic (exact) mass is 595 g/mol. The molecule has 0 unspecified atom stereocenters. The van der Waals surface area contributed by atoms with Crippen molar-refractivity contribution in [2.75, 3.05) is 20.3 Å². The molecule has 10 rings (SSSR count). The molecule has 1 spiro atoms. The summed E-state index contributed by atoms with van der Waals surface area (Å²) in [5, 5.41) is 26.1. The van der Waals surface area contributed by atoms with Crippen molar-refractivity contribution in [2.24, 2.45) is 0 Å². The summed E-state index contributed by atoms with van der Waals surface area (Å²) in [6.07, 6.45) is 0. The highest BCUT2D eigenvalue weighted by Crippen LogP contribution is 2.65. The van der Waals surface area contributed by atoms with Crippen molar-refractivity contribution in [3.63, 3.8) is 0 Å². The van der Waals surface area contributed by atoms with E-state index < -0.39 is 7.87 Å². The zero-order valence-corrected chi connectivity index (χ0v) is 25.2. The summed E-state index contributed by atoms with van der Waals surface area (Å²) in [4.78, 5) is 0. The molecule has 212 valence electrons. The lowest BCUT2D eigenvalue weighted by Gasteiger charge is -2.27. The number of fused-ring (bicyclic) bond motifs is 14. The highest BCUT2D eigenvalue weighted by atomic mass is 31.2. The molecule has 0 aromatic heterocycles. The average molecular weight is 596 g/mol. The van der Waals surface area contributed by atoms with Gasteiger partial charge < -0.3 is 0 Å². The molecule has 2 aliphatic rings. The predicted molar refractivity (Wildman–Crippen MR) is 195 cm³/mol. The van der Waals surface area contributed by atoms with E-state index >= 15 is 0 Å². The Morgan fingerprint density at radius 3 is 0.778 bits per heavy atom. The summed E-state index contributed by atoms with van der Waals surface area (Å²) in [5.41, 5.74) is 9.24. The van der Waals surface area contributed by atoms with Crippen LogP contribution in [0.25, 0.3) is 65.3 Å². The lowest BCUT2D eigenvalue weighted by Crippen LogP contribution is -2.26. The summed E-state index contributed by atoms with van der Waals surface area (Å²) in [6.45, 7) is 0. The van der Waals surface area contributed by atoms with Crippen LogP contribution < -0.4 is 20.3 Å². The first-order valence-electron chi connectivity index (χ1n) is 15.3. The van der Waals surface area contributed by atoms with Crippen LogP contribution in [0.4, 0.5) is 22.7 Å². The predicted octanol–water partition coefficient (Wildman–Crippen LogP) is 11.7. The van der Waals surface area contributed by atoms with Gasteiger partial charge in [-0.15, -0.1) is 0 Å². The molecule has 8 aromatic carbocycles. The van der Waals surface area contributed by atoms with Crippen molar-refractivity contribution in [3.05, 3.63) is 146 Å². The van der Waals surface area contributed by atoms with Gasteiger partial charge in [0.25, 0.3) is 0 Å². The van der Waals surface area contributed by atoms with Crippen LogP contribution in [0.5, 0.6) is 0 Å². The van der Waals surface area contributed by atoms with E-state index in [0.29, 0.717) is 0 Å². The molecule has 5 heteroatoms. The summed E-state index contributed by atoms with van der Waals surface area (Å²) in [6, 6.07) is 52.7. The van der Waals surface area contributed by atoms with E-state index in [2.05, 4.69) is 166 Å². The Balaban J connectivity index is 1.30. The van der Waals surface area contributed by atoms with E-state index in [-0.39, 0.29) is 0 Å². The molecule has 0 fully saturated rings. The third kappa shape index (κ3) is 3.64. The van der Waals surface area contributed by atoms with E-state index in [0.717, 1.165) is 22.7 Å². The van der Waals surface area contributed by atoms with Crippen molar-refractivity contribution in [1.82, 2.24) is 0 Å². The fourth-order valence-corrected chi connectivity index (χ4v) is 9.95. The molecule has 4 nitrogen and oxygen atoms in total. The number of rotatable bonds is 0. The zero-order chi connectivity index (χ0) is 29.5. The lowest BCUT2D eigenvalue weighted by atomic mass is 9.91. The van der Waals surface area contributed by atoms with Crippen LogP contribution in [-0.2, 0) is 0 Å². The van der Waals surface area contributed by atoms with E-state index in [9.17, 15) is 0 Å². The van der Waals surface area contributed by atoms with Gasteiger partial charge >= 0.3 is 7.87 Å². The van der Waals surface area contributed by atoms with Crippen LogP contribution >= 0.6 is 7.87 Å². The van der Waals surface area contributed by atoms with Gasteiger partial charge in [0.05, 0.1) is 22.7 Å². The Hall–Kier alpha value is -5.57. The minimum absolute atomic E-state index is 1.09. The van der Waals surface area contributed by atoms with Gasteiger partial charge in [-0.1, -0.05) is 121 Å². The largest absolute Gasteiger partial charge is 0.395 e. The second kappa shape index (κ2) is 9.22. The van der Waals surface area contributed by atoms with Crippen molar-refractivity contribution < 1.29 is 0 Å². The number of benzene rings is 8. The summed E-state index contributed by atoms with van der Waals surface area (Å²) < 4.78 is 0. The number of hydrogen-bond donors (Lipinski definition) is 4. The topological polar surface area (TPSA) is 48.1 Å². The molecule has 0 aliphatic carbocycles. The minimum atomic E-state index is -2.61. The van der Waals surface area contributed by atoms with Crippen LogP contribution in [0.15, 0.2) is 146 Å². The molecule has 0 saturated heterocycles. The molecule has 8 aromatic rings. The van der Waals surface area contributed by atoms with Crippen LogP contribution in [0.1, 0.15) is 0 Å². The van der Waals surface area contributed by atoms with Crippen molar-refractivity contribution in [2.45, 2.75) is 0 Å². The third-order valence-corrected chi connectivity index (χ3v) is 11.7. The standard InChI is InChI=1S/C40H28N4P/c1-5-13-29-25(9-1)17-21-33-37(29)38-30-14-6-2-10-26(30)18-22-34(38)42-45(41-33)43-35-23-19-27-11-3-7-15-31(27)39(35)40-32-16-8-4-12-28(32)20-24-36(40)44-45/h1-24,41-44H/q+1. The van der Waals surface area contributed by atoms with Crippen LogP contribution in [0.2, 0.25) is 0 Å². The number of nitrogens with one attached hydrogen (secondary N) is 4. The van der Waals surface area contributed by atoms with Gasteiger partial charge in [-0.3, -0.25) is 0 Å². The number of hydrogen-bond acceptors (Lipinski definition) is 4. The Labute approximate surface area is 261 Å². The molecule has 2 heterocycles. The van der Waals surface area contributed by atoms with Gasteiger partial charge in [-0.05, 0) is 67.4 Å². The van der Waals surface area contributed by atoms with Gasteiger partial charge in [0.2, 0.25) is 0 Å². The SMILES string of the molecule is c1ccc2c3c(ccc2c1)N[P+]1(Nc2ccc4ccccc4c2-3)Nc2ccc3ccccc3c2-c2c(ccc3ccccc23)N1. The molecular weight excluding hydrogens is 567 g/mol. The maximum Gasteiger partial charge on any atom is 0.395 e. The van der Waals surface area contributed by atoms with Gasteiger partial charge in [0.1, 0.15) is 0 Å². The average Bonchev–Trinajstić information content (AvgIpc) is 3.32. The van der Waals surface area contributed by atoms with Crippen LogP contribution in [0.3, 0.4) is 0 Å². The molecule has 0 bridgehead atoms. The van der Waals surface area contributed by atoms with E-state index in [1.54, 1.807) is 0 Å². The second-order valence-corrected chi connectivity index (χ2v) is 14.2. The van der Waals surface area contributed by atoms with Crippen molar-refractivity contribution >= 4 is 73.7 Å². The normalized spacial score (nSPS) is 14.2. The molecule has 0 amide bonds. The smallest absolute Gasteiger partial charge is 0.202 e. The molecule has 0 radical (unpaired) electrons. The highest BCUT2D eigenvalue weighted by Gasteiger charge is 2.47. The summed E-state index contributed by atoms with van der Waals surface area (Å²) in [5.74, 6) is 0. The van der Waals surface area contributed by atoms with E-state index in [1.165, 1.54) is 65.3 Å². The van der Waals surface area contributed by atoms with Gasteiger partial charge in [0, 0.05) is 22.3 Å². The van der Waals surface area contributed by atoms with E-state index in [1.807, 2.05) is 0 Å². The molecule has 2 aliphatic heterocycles. The minimum Gasteiger partial charge on any atom is -0.202 e. The zero-order valence-electron chi connectivity index (χ0n) is 24.3. The Bertz CT molecular complexity index is 2170. The first kappa shape index (κ1) is 24.8. The van der Waals surface area contributed by atoms with Gasteiger partial charge in [-0.25, -0.2) is 20.3 Å². The number of anilines is 4. The molecule has 4 N–H and O–H groups in total. The van der Waals surface area contributed by atoms with Crippen molar-refractivity contribution in [1.29, 1.82) is 0 Å². The van der Waals surface area contributed by atoms with Crippen LogP contribution in [0, 0.1) is 0 Å². The lowest BCUT2D eigenvalue weighted by molar-refractivity contribution is 1.63. The Kier molecular flexibility index (Phi) is 5.09. The van der Waals surface area contributed by atoms with Crippen molar-refractivity contribution in [3.8, 4) is 22.3 Å². The fraction of sp³-hybridized carbons (Fsp3) is 0. The van der Waals surface area contributed by atoms with E-state index in [4.69, 9.17) is 0 Å². The second-order valence-electron chi connectivity index (χ2n) is 12.0. The van der Waals surface area contributed by atoms with Gasteiger partial charge in [0.15, 0.2) is 0 Å². The maximum absolute atomic E-state index is 4.07. The first-order chi connectivity index (χ1) is 22.2.